The fourth-order valence-electron chi connectivity index (χ4n) is 2.91. The lowest BCUT2D eigenvalue weighted by Crippen LogP contribution is -2.39. The number of nitrogens with one attached hydrogen (secondary N) is 2. The fourth-order valence-corrected chi connectivity index (χ4v) is 2.91. The second-order valence-corrected chi connectivity index (χ2v) is 8.42. The molecule has 0 heterocycles. The Labute approximate surface area is 175 Å². The zero-order chi connectivity index (χ0) is 22.5. The number of carbonyl (C=O) groups excluding carboxylic acids is 1. The molecule has 2 N–H and O–H groups in total. The summed E-state index contributed by atoms with van der Waals surface area (Å²) in [5.74, 6) is 0.300. The van der Waals surface area contributed by atoms with Gasteiger partial charge in [0.15, 0.2) is 5.96 Å². The van der Waals surface area contributed by atoms with Crippen LogP contribution < -0.4 is 15.5 Å². The average Bonchev–Trinajstić information content (AvgIpc) is 3.42. The summed E-state index contributed by atoms with van der Waals surface area (Å²) in [6.45, 7) is 7.60. The Morgan fingerprint density at radius 2 is 1.90 bits per heavy atom. The molecule has 0 saturated heterocycles. The molecule has 1 aromatic carbocycles. The second kappa shape index (κ2) is 9.57. The Morgan fingerprint density at radius 1 is 1.23 bits per heavy atom. The van der Waals surface area contributed by atoms with Gasteiger partial charge in [-0.3, -0.25) is 9.89 Å². The fraction of sp³-hybridized carbons (Fsp3) is 0.619. The molecule has 0 spiro atoms. The van der Waals surface area contributed by atoms with Gasteiger partial charge in [-0.2, -0.15) is 13.2 Å². The standard InChI is InChI=1S/C21H31F3N4O2/c1-14-12-15(13-27-18(25-5)26-11-10-21(22,23)24)6-9-17(14)28(16-7-8-16)19(29)30-20(2,3)4/h6,9,12,16H,7-8,10-11,13H2,1-5H3,(H2,25,26,27). The third kappa shape index (κ3) is 7.76. The summed E-state index contributed by atoms with van der Waals surface area (Å²) in [6, 6.07) is 5.87. The smallest absolute Gasteiger partial charge is 0.415 e. The normalized spacial score (nSPS) is 15.0. The molecule has 0 aromatic heterocycles. The van der Waals surface area contributed by atoms with Crippen molar-refractivity contribution in [1.82, 2.24) is 10.6 Å². The average molecular weight is 428 g/mol. The molecule has 0 aliphatic heterocycles. The van der Waals surface area contributed by atoms with Gasteiger partial charge in [-0.15, -0.1) is 0 Å². The Balaban J connectivity index is 2.01. The van der Waals surface area contributed by atoms with Crippen molar-refractivity contribution in [2.75, 3.05) is 18.5 Å². The van der Waals surface area contributed by atoms with Crippen LogP contribution in [0.5, 0.6) is 0 Å². The van der Waals surface area contributed by atoms with Crippen molar-refractivity contribution >= 4 is 17.7 Å². The number of carbonyl (C=O) groups is 1. The summed E-state index contributed by atoms with van der Waals surface area (Å²) in [5, 5.41) is 5.65. The first-order valence-electron chi connectivity index (χ1n) is 10.0. The topological polar surface area (TPSA) is 66.0 Å². The molecule has 1 fully saturated rings. The Bertz CT molecular complexity index is 768. The molecule has 9 heteroatoms. The molecule has 0 bridgehead atoms. The first-order valence-corrected chi connectivity index (χ1v) is 10.0. The third-order valence-electron chi connectivity index (χ3n) is 4.41. The van der Waals surface area contributed by atoms with E-state index in [1.165, 1.54) is 7.05 Å². The Morgan fingerprint density at radius 3 is 2.40 bits per heavy atom. The molecule has 0 atom stereocenters. The Kier molecular flexibility index (Phi) is 7.60. The number of amides is 1. The number of alkyl halides is 3. The number of benzene rings is 1. The highest BCUT2D eigenvalue weighted by molar-refractivity contribution is 5.90. The van der Waals surface area contributed by atoms with E-state index in [2.05, 4.69) is 15.6 Å². The first-order chi connectivity index (χ1) is 13.9. The molecule has 1 saturated carbocycles. The molecule has 2 rings (SSSR count). The molecule has 168 valence electrons. The van der Waals surface area contributed by atoms with E-state index in [4.69, 9.17) is 4.74 Å². The van der Waals surface area contributed by atoms with Crippen LogP contribution in [0.15, 0.2) is 23.2 Å². The number of aliphatic imine (C=N–C) groups is 1. The van der Waals surface area contributed by atoms with Gasteiger partial charge in [0.25, 0.3) is 0 Å². The maximum Gasteiger partial charge on any atom is 0.415 e. The van der Waals surface area contributed by atoms with Crippen molar-refractivity contribution in [1.29, 1.82) is 0 Å². The van der Waals surface area contributed by atoms with Crippen LogP contribution >= 0.6 is 0 Å². The minimum absolute atomic E-state index is 0.152. The minimum atomic E-state index is -4.21. The quantitative estimate of drug-likeness (QED) is 0.517. The van der Waals surface area contributed by atoms with E-state index >= 15 is 0 Å². The molecule has 6 nitrogen and oxygen atoms in total. The number of rotatable bonds is 6. The number of ether oxygens (including phenoxy) is 1. The number of nitrogens with zero attached hydrogens (tertiary/aromatic N) is 2. The SMILES string of the molecule is CN=C(NCCC(F)(F)F)NCc1ccc(N(C(=O)OC(C)(C)C)C2CC2)c(C)c1. The molecular formula is C21H31F3N4O2. The van der Waals surface area contributed by atoms with E-state index in [1.54, 1.807) is 4.90 Å². The lowest BCUT2D eigenvalue weighted by atomic mass is 10.1. The van der Waals surface area contributed by atoms with Gasteiger partial charge in [-0.1, -0.05) is 12.1 Å². The van der Waals surface area contributed by atoms with Crippen molar-refractivity contribution < 1.29 is 22.7 Å². The van der Waals surface area contributed by atoms with Gasteiger partial charge in [0.05, 0.1) is 12.1 Å². The molecule has 1 aromatic rings. The highest BCUT2D eigenvalue weighted by Crippen LogP contribution is 2.35. The second-order valence-electron chi connectivity index (χ2n) is 8.42. The lowest BCUT2D eigenvalue weighted by Gasteiger charge is -2.28. The molecule has 1 amide bonds. The summed E-state index contributed by atoms with van der Waals surface area (Å²) in [7, 11) is 1.51. The number of aryl methyl sites for hydroxylation is 1. The van der Waals surface area contributed by atoms with Crippen LogP contribution in [-0.4, -0.2) is 43.5 Å². The predicted molar refractivity (Wildman–Crippen MR) is 112 cm³/mol. The van der Waals surface area contributed by atoms with Crippen LogP contribution in [0, 0.1) is 6.92 Å². The molecule has 0 unspecified atom stereocenters. The van der Waals surface area contributed by atoms with E-state index < -0.39 is 18.2 Å². The third-order valence-corrected chi connectivity index (χ3v) is 4.41. The molecule has 1 aliphatic rings. The van der Waals surface area contributed by atoms with Crippen molar-refractivity contribution in [2.24, 2.45) is 4.99 Å². The maximum absolute atomic E-state index is 12.7. The molecule has 0 radical (unpaired) electrons. The van der Waals surface area contributed by atoms with Gasteiger partial charge in [0.2, 0.25) is 0 Å². The van der Waals surface area contributed by atoms with E-state index in [-0.39, 0.29) is 18.7 Å². The summed E-state index contributed by atoms with van der Waals surface area (Å²) in [6.07, 6.45) is -3.60. The monoisotopic (exact) mass is 428 g/mol. The summed E-state index contributed by atoms with van der Waals surface area (Å²) in [5.41, 5.74) is 2.09. The van der Waals surface area contributed by atoms with E-state index in [1.807, 2.05) is 45.9 Å². The predicted octanol–water partition coefficient (Wildman–Crippen LogP) is 4.52. The molecular weight excluding hydrogens is 397 g/mol. The number of hydrogen-bond donors (Lipinski definition) is 2. The molecule has 30 heavy (non-hydrogen) atoms. The number of halogens is 3. The van der Waals surface area contributed by atoms with Crippen LogP contribution in [0.3, 0.4) is 0 Å². The maximum atomic E-state index is 12.7. The Hall–Kier alpha value is -2.45. The van der Waals surface area contributed by atoms with Crippen LogP contribution in [0.2, 0.25) is 0 Å². The van der Waals surface area contributed by atoms with Crippen molar-refractivity contribution in [2.45, 2.75) is 71.3 Å². The summed E-state index contributed by atoms with van der Waals surface area (Å²) in [4.78, 5) is 18.3. The van der Waals surface area contributed by atoms with Gasteiger partial charge in [-0.05, 0) is 57.7 Å². The van der Waals surface area contributed by atoms with Gasteiger partial charge >= 0.3 is 12.3 Å². The number of anilines is 1. The molecule has 1 aliphatic carbocycles. The summed E-state index contributed by atoms with van der Waals surface area (Å²) < 4.78 is 42.4. The van der Waals surface area contributed by atoms with Gasteiger partial charge < -0.3 is 15.4 Å². The first kappa shape index (κ1) is 23.8. The zero-order valence-corrected chi connectivity index (χ0v) is 18.2. The van der Waals surface area contributed by atoms with Crippen LogP contribution in [0.4, 0.5) is 23.7 Å². The minimum Gasteiger partial charge on any atom is -0.443 e. The van der Waals surface area contributed by atoms with Crippen LogP contribution in [0.25, 0.3) is 0 Å². The van der Waals surface area contributed by atoms with E-state index in [0.717, 1.165) is 29.7 Å². The van der Waals surface area contributed by atoms with Crippen LogP contribution in [-0.2, 0) is 11.3 Å². The van der Waals surface area contributed by atoms with E-state index in [9.17, 15) is 18.0 Å². The zero-order valence-electron chi connectivity index (χ0n) is 18.2. The van der Waals surface area contributed by atoms with E-state index in [0.29, 0.717) is 12.5 Å². The van der Waals surface area contributed by atoms with Crippen molar-refractivity contribution in [3.05, 3.63) is 29.3 Å². The van der Waals surface area contributed by atoms with Gasteiger partial charge in [0, 0.05) is 26.2 Å². The highest BCUT2D eigenvalue weighted by atomic mass is 19.4. The lowest BCUT2D eigenvalue weighted by molar-refractivity contribution is -0.132. The van der Waals surface area contributed by atoms with Gasteiger partial charge in [-0.25, -0.2) is 4.79 Å². The largest absolute Gasteiger partial charge is 0.443 e. The number of guanidine groups is 1. The highest BCUT2D eigenvalue weighted by Gasteiger charge is 2.37. The van der Waals surface area contributed by atoms with Crippen molar-refractivity contribution in [3.8, 4) is 0 Å². The van der Waals surface area contributed by atoms with Crippen LogP contribution in [0.1, 0.15) is 51.2 Å². The van der Waals surface area contributed by atoms with Gasteiger partial charge in [0.1, 0.15) is 5.60 Å². The van der Waals surface area contributed by atoms with Crippen molar-refractivity contribution in [3.63, 3.8) is 0 Å². The number of hydrogen-bond acceptors (Lipinski definition) is 3. The summed E-state index contributed by atoms with van der Waals surface area (Å²) >= 11 is 0.